The van der Waals surface area contributed by atoms with Crippen molar-refractivity contribution in [2.45, 2.75) is 0 Å². The molecule has 23 heavy (non-hydrogen) atoms. The number of piperazine rings is 1. The molecule has 1 aromatic heterocycles. The van der Waals surface area contributed by atoms with E-state index in [1.807, 2.05) is 18.2 Å². The molecule has 0 N–H and O–H groups in total. The van der Waals surface area contributed by atoms with Crippen LogP contribution in [0.25, 0.3) is 0 Å². The van der Waals surface area contributed by atoms with Crippen LogP contribution in [0.2, 0.25) is 0 Å². The molecule has 2 heterocycles. The lowest BCUT2D eigenvalue weighted by Gasteiger charge is -2.34. The number of aromatic nitrogens is 2. The Morgan fingerprint density at radius 3 is 2.22 bits per heavy atom. The van der Waals surface area contributed by atoms with Gasteiger partial charge in [-0.05, 0) is 28.1 Å². The van der Waals surface area contributed by atoms with Crippen LogP contribution in [-0.2, 0) is 0 Å². The summed E-state index contributed by atoms with van der Waals surface area (Å²) in [5.41, 5.74) is 0.972. The minimum Gasteiger partial charge on any atom is -0.335 e. The van der Waals surface area contributed by atoms with Crippen molar-refractivity contribution in [2.75, 3.05) is 26.2 Å². The maximum Gasteiger partial charge on any atom is 0.274 e. The van der Waals surface area contributed by atoms with Crippen LogP contribution in [0, 0.1) is 0 Å². The molecule has 6 nitrogen and oxygen atoms in total. The van der Waals surface area contributed by atoms with Crippen molar-refractivity contribution in [3.05, 3.63) is 58.6 Å². The lowest BCUT2D eigenvalue weighted by Crippen LogP contribution is -2.50. The fraction of sp³-hybridized carbons (Fsp3) is 0.250. The summed E-state index contributed by atoms with van der Waals surface area (Å²) >= 11 is 3.40. The number of rotatable bonds is 2. The molecule has 0 bridgehead atoms. The van der Waals surface area contributed by atoms with E-state index in [1.165, 1.54) is 18.6 Å². The Morgan fingerprint density at radius 2 is 1.61 bits per heavy atom. The van der Waals surface area contributed by atoms with Crippen LogP contribution in [0.3, 0.4) is 0 Å². The van der Waals surface area contributed by atoms with Gasteiger partial charge in [0.25, 0.3) is 11.8 Å². The third-order valence-corrected chi connectivity index (χ3v) is 4.43. The first-order valence-electron chi connectivity index (χ1n) is 7.26. The summed E-state index contributed by atoms with van der Waals surface area (Å²) < 4.78 is 0.781. The van der Waals surface area contributed by atoms with E-state index in [0.29, 0.717) is 37.4 Å². The maximum atomic E-state index is 12.5. The molecule has 118 valence electrons. The molecule has 0 radical (unpaired) electrons. The van der Waals surface area contributed by atoms with E-state index in [4.69, 9.17) is 0 Å². The molecule has 2 aromatic rings. The van der Waals surface area contributed by atoms with Crippen molar-refractivity contribution < 1.29 is 9.59 Å². The molecule has 3 rings (SSSR count). The standard InChI is InChI=1S/C16H15BrN4O2/c17-13-4-2-1-3-12(13)15(22)20-7-9-21(10-8-20)16(23)14-11-18-5-6-19-14/h1-6,11H,7-10H2. The van der Waals surface area contributed by atoms with E-state index in [2.05, 4.69) is 25.9 Å². The summed E-state index contributed by atoms with van der Waals surface area (Å²) in [6, 6.07) is 7.36. The second-order valence-corrected chi connectivity index (χ2v) is 6.01. The zero-order chi connectivity index (χ0) is 16.2. The molecule has 1 saturated heterocycles. The molecule has 1 aliphatic rings. The Bertz CT molecular complexity index is 715. The van der Waals surface area contributed by atoms with E-state index < -0.39 is 0 Å². The summed E-state index contributed by atoms with van der Waals surface area (Å²) in [6.07, 6.45) is 4.49. The van der Waals surface area contributed by atoms with Crippen molar-refractivity contribution in [2.24, 2.45) is 0 Å². The molecule has 0 saturated carbocycles. The summed E-state index contributed by atoms with van der Waals surface area (Å²) in [4.78, 5) is 36.3. The van der Waals surface area contributed by atoms with Gasteiger partial charge in [-0.2, -0.15) is 0 Å². The monoisotopic (exact) mass is 374 g/mol. The summed E-state index contributed by atoms with van der Waals surface area (Å²) in [5, 5.41) is 0. The van der Waals surface area contributed by atoms with Gasteiger partial charge in [-0.3, -0.25) is 14.6 Å². The van der Waals surface area contributed by atoms with Gasteiger partial charge in [0.2, 0.25) is 0 Å². The molecule has 0 spiro atoms. The van der Waals surface area contributed by atoms with Crippen LogP contribution in [0.15, 0.2) is 47.3 Å². The number of carbonyl (C=O) groups is 2. The molecular weight excluding hydrogens is 360 g/mol. The number of carbonyl (C=O) groups excluding carboxylic acids is 2. The Kier molecular flexibility index (Phi) is 4.66. The highest BCUT2D eigenvalue weighted by molar-refractivity contribution is 9.10. The fourth-order valence-electron chi connectivity index (χ4n) is 2.49. The van der Waals surface area contributed by atoms with E-state index in [9.17, 15) is 9.59 Å². The zero-order valence-electron chi connectivity index (χ0n) is 12.4. The summed E-state index contributed by atoms with van der Waals surface area (Å²) in [7, 11) is 0. The number of nitrogens with zero attached hydrogens (tertiary/aromatic N) is 4. The molecule has 0 aliphatic carbocycles. The van der Waals surface area contributed by atoms with E-state index >= 15 is 0 Å². The maximum absolute atomic E-state index is 12.5. The van der Waals surface area contributed by atoms with Crippen molar-refractivity contribution in [3.8, 4) is 0 Å². The summed E-state index contributed by atoms with van der Waals surface area (Å²) in [6.45, 7) is 2.00. The van der Waals surface area contributed by atoms with Gasteiger partial charge in [-0.1, -0.05) is 12.1 Å². The molecular formula is C16H15BrN4O2. The SMILES string of the molecule is O=C(c1cnccn1)N1CCN(C(=O)c2ccccc2Br)CC1. The van der Waals surface area contributed by atoms with Crippen LogP contribution in [0.5, 0.6) is 0 Å². The van der Waals surface area contributed by atoms with Gasteiger partial charge >= 0.3 is 0 Å². The number of amides is 2. The fourth-order valence-corrected chi connectivity index (χ4v) is 2.94. The van der Waals surface area contributed by atoms with Gasteiger partial charge in [0, 0.05) is 43.0 Å². The van der Waals surface area contributed by atoms with Gasteiger partial charge in [0.05, 0.1) is 11.8 Å². The Labute approximate surface area is 142 Å². The van der Waals surface area contributed by atoms with E-state index in [-0.39, 0.29) is 11.8 Å². The predicted octanol–water partition coefficient (Wildman–Crippen LogP) is 1.84. The zero-order valence-corrected chi connectivity index (χ0v) is 13.9. The van der Waals surface area contributed by atoms with Gasteiger partial charge in [-0.25, -0.2) is 4.98 Å². The molecule has 7 heteroatoms. The first-order chi connectivity index (χ1) is 11.2. The molecule has 0 atom stereocenters. The average molecular weight is 375 g/mol. The number of halogens is 1. The highest BCUT2D eigenvalue weighted by Gasteiger charge is 2.26. The molecule has 1 aliphatic heterocycles. The van der Waals surface area contributed by atoms with Crippen LogP contribution >= 0.6 is 15.9 Å². The number of hydrogen-bond donors (Lipinski definition) is 0. The first-order valence-corrected chi connectivity index (χ1v) is 8.05. The van der Waals surface area contributed by atoms with Crippen molar-refractivity contribution >= 4 is 27.7 Å². The van der Waals surface area contributed by atoms with E-state index in [0.717, 1.165) is 4.47 Å². The van der Waals surface area contributed by atoms with Crippen molar-refractivity contribution in [3.63, 3.8) is 0 Å². The van der Waals surface area contributed by atoms with E-state index in [1.54, 1.807) is 15.9 Å². The third-order valence-electron chi connectivity index (χ3n) is 3.74. The minimum absolute atomic E-state index is 0.0240. The van der Waals surface area contributed by atoms with Crippen LogP contribution in [0.1, 0.15) is 20.8 Å². The number of hydrogen-bond acceptors (Lipinski definition) is 4. The molecule has 1 fully saturated rings. The van der Waals surface area contributed by atoms with Crippen molar-refractivity contribution in [1.82, 2.24) is 19.8 Å². The second-order valence-electron chi connectivity index (χ2n) is 5.15. The van der Waals surface area contributed by atoms with Gasteiger partial charge < -0.3 is 9.80 Å². The van der Waals surface area contributed by atoms with Crippen LogP contribution in [-0.4, -0.2) is 57.8 Å². The quantitative estimate of drug-likeness (QED) is 0.804. The minimum atomic E-state index is -0.147. The first kappa shape index (κ1) is 15.6. The Balaban J connectivity index is 1.64. The van der Waals surface area contributed by atoms with Gasteiger partial charge in [0.15, 0.2) is 0 Å². The summed E-state index contributed by atoms with van der Waals surface area (Å²) in [5.74, 6) is -0.171. The Hall–Kier alpha value is -2.28. The largest absolute Gasteiger partial charge is 0.335 e. The van der Waals surface area contributed by atoms with Crippen LogP contribution in [0.4, 0.5) is 0 Å². The highest BCUT2D eigenvalue weighted by Crippen LogP contribution is 2.19. The normalized spacial score (nSPS) is 14.7. The third kappa shape index (κ3) is 3.39. The lowest BCUT2D eigenvalue weighted by atomic mass is 10.2. The number of benzene rings is 1. The highest BCUT2D eigenvalue weighted by atomic mass is 79.9. The lowest BCUT2D eigenvalue weighted by molar-refractivity contribution is 0.0531. The van der Waals surface area contributed by atoms with Gasteiger partial charge in [-0.15, -0.1) is 0 Å². The predicted molar refractivity (Wildman–Crippen MR) is 88.0 cm³/mol. The smallest absolute Gasteiger partial charge is 0.274 e. The van der Waals surface area contributed by atoms with Crippen molar-refractivity contribution in [1.29, 1.82) is 0 Å². The van der Waals surface area contributed by atoms with Gasteiger partial charge in [0.1, 0.15) is 5.69 Å². The topological polar surface area (TPSA) is 66.4 Å². The molecule has 2 amide bonds. The molecule has 0 unspecified atom stereocenters. The average Bonchev–Trinajstić information content (AvgIpc) is 2.62. The Morgan fingerprint density at radius 1 is 0.957 bits per heavy atom. The van der Waals surface area contributed by atoms with Crippen LogP contribution < -0.4 is 0 Å². The second kappa shape index (κ2) is 6.87. The molecule has 1 aromatic carbocycles.